The van der Waals surface area contributed by atoms with Crippen LogP contribution in [-0.4, -0.2) is 14.4 Å². The van der Waals surface area contributed by atoms with Gasteiger partial charge < -0.3 is 0 Å². The summed E-state index contributed by atoms with van der Waals surface area (Å²) in [6.07, 6.45) is 1.99. The first-order valence-electron chi connectivity index (χ1n) is 4.99. The van der Waals surface area contributed by atoms with Gasteiger partial charge in [0.25, 0.3) is 0 Å². The van der Waals surface area contributed by atoms with Crippen LogP contribution in [0.15, 0.2) is 48.8 Å². The van der Waals surface area contributed by atoms with Gasteiger partial charge in [0.15, 0.2) is 0 Å². The summed E-state index contributed by atoms with van der Waals surface area (Å²) < 4.78 is 0. The summed E-state index contributed by atoms with van der Waals surface area (Å²) in [6, 6.07) is 8.55. The van der Waals surface area contributed by atoms with Gasteiger partial charge in [-0.25, -0.2) is 0 Å². The Morgan fingerprint density at radius 1 is 1.33 bits per heavy atom. The molecule has 77 valence electrons. The highest BCUT2D eigenvalue weighted by atomic mass is 28.3. The first kappa shape index (κ1) is 11.7. The molecule has 0 spiro atoms. The fraction of sp³-hybridized carbons (Fsp3) is 0.154. The summed E-state index contributed by atoms with van der Waals surface area (Å²) in [5.41, 5.74) is 4.58. The van der Waals surface area contributed by atoms with Gasteiger partial charge in [-0.15, -0.1) is 13.2 Å². The lowest BCUT2D eigenvalue weighted by atomic mass is 10.2. The topological polar surface area (TPSA) is 17.1 Å². The average Bonchev–Trinajstić information content (AvgIpc) is 2.33. The van der Waals surface area contributed by atoms with Gasteiger partial charge in [0, 0.05) is 5.56 Å². The highest BCUT2D eigenvalue weighted by Crippen LogP contribution is 2.14. The predicted molar refractivity (Wildman–Crippen MR) is 67.5 cm³/mol. The molecule has 0 saturated heterocycles. The molecule has 2 heteroatoms. The Balaban J connectivity index is 3.40. The first-order valence-corrected chi connectivity index (χ1v) is 7.35. The van der Waals surface area contributed by atoms with E-state index in [1.807, 2.05) is 35.9 Å². The molecule has 0 amide bonds. The lowest BCUT2D eigenvalue weighted by Crippen LogP contribution is -2.45. The molecule has 0 unspecified atom stereocenters. The van der Waals surface area contributed by atoms with Crippen LogP contribution in [0, 0.1) is 0 Å². The molecule has 0 aliphatic rings. The van der Waals surface area contributed by atoms with Gasteiger partial charge in [0.1, 0.15) is 8.07 Å². The van der Waals surface area contributed by atoms with Gasteiger partial charge in [-0.3, -0.25) is 4.79 Å². The van der Waals surface area contributed by atoms with Crippen molar-refractivity contribution in [2.45, 2.75) is 13.0 Å². The van der Waals surface area contributed by atoms with Gasteiger partial charge in [0.2, 0.25) is 6.29 Å². The van der Waals surface area contributed by atoms with Gasteiger partial charge >= 0.3 is 0 Å². The van der Waals surface area contributed by atoms with Crippen LogP contribution >= 0.6 is 0 Å². The van der Waals surface area contributed by atoms with Gasteiger partial charge in [-0.1, -0.05) is 42.6 Å². The third-order valence-corrected chi connectivity index (χ3v) is 6.92. The van der Waals surface area contributed by atoms with E-state index in [4.69, 9.17) is 0 Å². The number of benzene rings is 1. The zero-order chi connectivity index (χ0) is 11.3. The van der Waals surface area contributed by atoms with E-state index in [-0.39, 0.29) is 0 Å². The molecule has 0 N–H and O–H groups in total. The molecule has 1 aromatic rings. The van der Waals surface area contributed by atoms with E-state index >= 15 is 0 Å². The molecule has 0 bridgehead atoms. The van der Waals surface area contributed by atoms with E-state index in [2.05, 4.69) is 20.1 Å². The maximum atomic E-state index is 10.9. The van der Waals surface area contributed by atoms with Crippen molar-refractivity contribution in [1.82, 2.24) is 0 Å². The van der Waals surface area contributed by atoms with Crippen molar-refractivity contribution in [3.05, 3.63) is 54.4 Å². The highest BCUT2D eigenvalue weighted by Gasteiger charge is 2.28. The predicted octanol–water partition coefficient (Wildman–Crippen LogP) is 2.27. The minimum absolute atomic E-state index is 0.644. The van der Waals surface area contributed by atoms with Crippen LogP contribution in [0.25, 0.3) is 0 Å². The van der Waals surface area contributed by atoms with Crippen LogP contribution in [0.4, 0.5) is 0 Å². The number of hydrogen-bond donors (Lipinski definition) is 0. The Morgan fingerprint density at radius 2 is 1.93 bits per heavy atom. The molecular formula is C13H15OSi. The van der Waals surface area contributed by atoms with Crippen LogP contribution < -0.4 is 5.19 Å². The summed E-state index contributed by atoms with van der Waals surface area (Å²) in [7, 11) is -1.89. The monoisotopic (exact) mass is 215 g/mol. The minimum atomic E-state index is -1.89. The van der Waals surface area contributed by atoms with Crippen molar-refractivity contribution >= 4 is 19.5 Å². The Kier molecular flexibility index (Phi) is 3.80. The lowest BCUT2D eigenvalue weighted by molar-refractivity contribution is 0.563. The third kappa shape index (κ3) is 2.00. The SMILES string of the molecule is C=C[Si](C=C)(CC)c1ccccc1[C]=O. The minimum Gasteiger partial charge on any atom is -0.285 e. The molecule has 1 radical (unpaired) electrons. The summed E-state index contributed by atoms with van der Waals surface area (Å²) >= 11 is 0. The standard InChI is InChI=1S/C13H15OSi/c1-4-15(5-2,6-3)13-10-8-7-9-12(13)11-14/h4-5,7-10H,1-2,6H2,3H3. The van der Waals surface area contributed by atoms with E-state index in [0.29, 0.717) is 5.56 Å². The largest absolute Gasteiger partial charge is 0.285 e. The maximum Gasteiger partial charge on any atom is 0.233 e. The fourth-order valence-electron chi connectivity index (χ4n) is 1.76. The molecule has 1 nitrogen and oxygen atoms in total. The van der Waals surface area contributed by atoms with E-state index in [0.717, 1.165) is 11.2 Å². The molecule has 0 aliphatic carbocycles. The molecular weight excluding hydrogens is 200 g/mol. The second kappa shape index (κ2) is 4.89. The lowest BCUT2D eigenvalue weighted by Gasteiger charge is -2.24. The second-order valence-electron chi connectivity index (χ2n) is 3.45. The molecule has 0 aromatic heterocycles. The molecule has 1 aromatic carbocycles. The molecule has 0 aliphatic heterocycles. The summed E-state index contributed by atoms with van der Waals surface area (Å²) in [5.74, 6) is 0. The normalized spacial score (nSPS) is 10.7. The Hall–Kier alpha value is -1.41. The van der Waals surface area contributed by atoms with Crippen LogP contribution in [0.1, 0.15) is 12.5 Å². The van der Waals surface area contributed by atoms with E-state index in [1.54, 1.807) is 6.07 Å². The van der Waals surface area contributed by atoms with Crippen LogP contribution in [-0.2, 0) is 4.79 Å². The van der Waals surface area contributed by atoms with Crippen molar-refractivity contribution in [2.75, 3.05) is 0 Å². The molecule has 0 saturated carbocycles. The quantitative estimate of drug-likeness (QED) is 0.689. The zero-order valence-corrected chi connectivity index (χ0v) is 9.99. The van der Waals surface area contributed by atoms with Crippen LogP contribution in [0.2, 0.25) is 6.04 Å². The molecule has 0 heterocycles. The summed E-state index contributed by atoms with van der Waals surface area (Å²) in [5, 5.41) is 1.06. The number of carbonyl (C=O) groups excluding carboxylic acids is 1. The van der Waals surface area contributed by atoms with E-state index in [1.165, 1.54) is 0 Å². The Morgan fingerprint density at radius 3 is 2.40 bits per heavy atom. The zero-order valence-electron chi connectivity index (χ0n) is 8.99. The second-order valence-corrected chi connectivity index (χ2v) is 7.59. The van der Waals surface area contributed by atoms with Crippen molar-refractivity contribution in [3.8, 4) is 0 Å². The highest BCUT2D eigenvalue weighted by molar-refractivity contribution is 7.00. The summed E-state index contributed by atoms with van der Waals surface area (Å²) in [4.78, 5) is 10.9. The van der Waals surface area contributed by atoms with Gasteiger partial charge in [-0.2, -0.15) is 0 Å². The van der Waals surface area contributed by atoms with E-state index in [9.17, 15) is 4.79 Å². The molecule has 0 fully saturated rings. The Labute approximate surface area is 92.1 Å². The van der Waals surface area contributed by atoms with Crippen molar-refractivity contribution in [3.63, 3.8) is 0 Å². The molecule has 15 heavy (non-hydrogen) atoms. The molecule has 0 atom stereocenters. The van der Waals surface area contributed by atoms with Crippen LogP contribution in [0.3, 0.4) is 0 Å². The van der Waals surface area contributed by atoms with Crippen molar-refractivity contribution < 1.29 is 4.79 Å². The van der Waals surface area contributed by atoms with E-state index < -0.39 is 8.07 Å². The molecule has 1 rings (SSSR count). The maximum absolute atomic E-state index is 10.9. The summed E-state index contributed by atoms with van der Waals surface area (Å²) in [6.45, 7) is 9.88. The van der Waals surface area contributed by atoms with Gasteiger partial charge in [0.05, 0.1) is 0 Å². The van der Waals surface area contributed by atoms with Crippen molar-refractivity contribution in [2.24, 2.45) is 0 Å². The average molecular weight is 215 g/mol. The van der Waals surface area contributed by atoms with Crippen LogP contribution in [0.5, 0.6) is 0 Å². The third-order valence-electron chi connectivity index (χ3n) is 2.85. The smallest absolute Gasteiger partial charge is 0.233 e. The number of hydrogen-bond acceptors (Lipinski definition) is 1. The first-order chi connectivity index (χ1) is 7.24. The number of rotatable bonds is 5. The fourth-order valence-corrected chi connectivity index (χ4v) is 4.37. The Bertz CT molecular complexity index is 374. The van der Waals surface area contributed by atoms with Gasteiger partial charge in [-0.05, 0) is 11.2 Å². The van der Waals surface area contributed by atoms with Crippen molar-refractivity contribution in [1.29, 1.82) is 0 Å².